The summed E-state index contributed by atoms with van der Waals surface area (Å²) in [5.74, 6) is 1.96. The van der Waals surface area contributed by atoms with E-state index in [0.717, 1.165) is 23.9 Å². The van der Waals surface area contributed by atoms with Crippen LogP contribution in [0, 0.1) is 11.8 Å². The monoisotopic (exact) mass is 236 g/mol. The number of nitrogens with one attached hydrogen (secondary N) is 1. The zero-order valence-corrected chi connectivity index (χ0v) is 11.3. The molecule has 3 aliphatic rings. The average molecular weight is 236 g/mol. The Hall–Kier alpha value is -0.0800. The molecule has 3 unspecified atom stereocenters. The first kappa shape index (κ1) is 12.0. The van der Waals surface area contributed by atoms with Crippen molar-refractivity contribution in [3.05, 3.63) is 0 Å². The second-order valence-electron chi connectivity index (χ2n) is 6.54. The van der Waals surface area contributed by atoms with Crippen LogP contribution in [0.15, 0.2) is 0 Å². The van der Waals surface area contributed by atoms with Gasteiger partial charge < -0.3 is 5.32 Å². The Morgan fingerprint density at radius 2 is 1.88 bits per heavy atom. The Balaban J connectivity index is 1.57. The minimum Gasteiger partial charge on any atom is -0.314 e. The zero-order chi connectivity index (χ0) is 11.7. The quantitative estimate of drug-likeness (QED) is 0.810. The fourth-order valence-electron chi connectivity index (χ4n) is 4.42. The van der Waals surface area contributed by atoms with E-state index in [1.54, 1.807) is 0 Å². The van der Waals surface area contributed by atoms with Crippen molar-refractivity contribution in [1.82, 2.24) is 10.2 Å². The van der Waals surface area contributed by atoms with E-state index in [-0.39, 0.29) is 0 Å². The Kier molecular flexibility index (Phi) is 3.72. The van der Waals surface area contributed by atoms with Gasteiger partial charge in [-0.1, -0.05) is 12.8 Å². The predicted octanol–water partition coefficient (Wildman–Crippen LogP) is 2.64. The van der Waals surface area contributed by atoms with Crippen LogP contribution in [0.4, 0.5) is 0 Å². The fraction of sp³-hybridized carbons (Fsp3) is 1.00. The van der Waals surface area contributed by atoms with Gasteiger partial charge in [0.15, 0.2) is 0 Å². The molecule has 2 nitrogen and oxygen atoms in total. The summed E-state index contributed by atoms with van der Waals surface area (Å²) in [6.07, 6.45) is 10.4. The Morgan fingerprint density at radius 1 is 1.06 bits per heavy atom. The molecule has 0 spiro atoms. The summed E-state index contributed by atoms with van der Waals surface area (Å²) < 4.78 is 0. The molecule has 0 radical (unpaired) electrons. The smallest absolute Gasteiger partial charge is 0.0124 e. The second kappa shape index (κ2) is 5.27. The molecule has 3 fully saturated rings. The van der Waals surface area contributed by atoms with Crippen molar-refractivity contribution in [3.8, 4) is 0 Å². The molecule has 1 N–H and O–H groups in total. The molecule has 1 aliphatic carbocycles. The van der Waals surface area contributed by atoms with Gasteiger partial charge in [-0.2, -0.15) is 0 Å². The summed E-state index contributed by atoms with van der Waals surface area (Å²) in [6.45, 7) is 6.37. The SMILES string of the molecule is CC1NCCC1CN1CCCC1C1CCCC1. The summed E-state index contributed by atoms with van der Waals surface area (Å²) >= 11 is 0. The van der Waals surface area contributed by atoms with E-state index >= 15 is 0 Å². The van der Waals surface area contributed by atoms with Crippen LogP contribution in [0.5, 0.6) is 0 Å². The summed E-state index contributed by atoms with van der Waals surface area (Å²) in [5.41, 5.74) is 0. The van der Waals surface area contributed by atoms with E-state index in [4.69, 9.17) is 0 Å². The number of hydrogen-bond donors (Lipinski definition) is 1. The third kappa shape index (κ3) is 2.53. The van der Waals surface area contributed by atoms with Gasteiger partial charge in [-0.15, -0.1) is 0 Å². The predicted molar refractivity (Wildman–Crippen MR) is 72.1 cm³/mol. The van der Waals surface area contributed by atoms with Crippen molar-refractivity contribution in [2.45, 2.75) is 64.0 Å². The van der Waals surface area contributed by atoms with E-state index in [1.165, 1.54) is 64.6 Å². The number of likely N-dealkylation sites (tertiary alicyclic amines) is 1. The van der Waals surface area contributed by atoms with E-state index in [2.05, 4.69) is 17.1 Å². The summed E-state index contributed by atoms with van der Waals surface area (Å²) in [5, 5.41) is 3.60. The highest BCUT2D eigenvalue weighted by molar-refractivity contribution is 4.91. The maximum atomic E-state index is 3.60. The molecule has 2 aliphatic heterocycles. The topological polar surface area (TPSA) is 15.3 Å². The molecule has 3 rings (SSSR count). The molecular weight excluding hydrogens is 208 g/mol. The Bertz CT molecular complexity index is 247. The minimum absolute atomic E-state index is 0.750. The van der Waals surface area contributed by atoms with E-state index in [1.807, 2.05) is 0 Å². The molecule has 0 aromatic heterocycles. The first-order valence-corrected chi connectivity index (χ1v) is 7.82. The lowest BCUT2D eigenvalue weighted by Crippen LogP contribution is -2.40. The third-order valence-electron chi connectivity index (χ3n) is 5.52. The molecule has 98 valence electrons. The maximum absolute atomic E-state index is 3.60. The fourth-order valence-corrected chi connectivity index (χ4v) is 4.42. The van der Waals surface area contributed by atoms with E-state index in [9.17, 15) is 0 Å². The van der Waals surface area contributed by atoms with Gasteiger partial charge in [0.25, 0.3) is 0 Å². The van der Waals surface area contributed by atoms with E-state index < -0.39 is 0 Å². The first-order chi connectivity index (χ1) is 8.34. The van der Waals surface area contributed by atoms with Crippen molar-refractivity contribution in [2.24, 2.45) is 11.8 Å². The van der Waals surface area contributed by atoms with Crippen LogP contribution in [0.25, 0.3) is 0 Å². The van der Waals surface area contributed by atoms with Crippen molar-refractivity contribution >= 4 is 0 Å². The highest BCUT2D eigenvalue weighted by Crippen LogP contribution is 2.36. The maximum Gasteiger partial charge on any atom is 0.0124 e. The summed E-state index contributed by atoms with van der Waals surface area (Å²) in [4.78, 5) is 2.85. The van der Waals surface area contributed by atoms with Gasteiger partial charge in [0, 0.05) is 18.6 Å². The highest BCUT2D eigenvalue weighted by Gasteiger charge is 2.35. The van der Waals surface area contributed by atoms with Crippen molar-refractivity contribution in [1.29, 1.82) is 0 Å². The van der Waals surface area contributed by atoms with Crippen molar-refractivity contribution < 1.29 is 0 Å². The van der Waals surface area contributed by atoms with Gasteiger partial charge in [0.05, 0.1) is 0 Å². The molecule has 0 bridgehead atoms. The number of hydrogen-bond acceptors (Lipinski definition) is 2. The van der Waals surface area contributed by atoms with Crippen LogP contribution >= 0.6 is 0 Å². The largest absolute Gasteiger partial charge is 0.314 e. The lowest BCUT2D eigenvalue weighted by atomic mass is 9.94. The molecule has 2 heteroatoms. The van der Waals surface area contributed by atoms with Crippen LogP contribution in [0.3, 0.4) is 0 Å². The van der Waals surface area contributed by atoms with Crippen molar-refractivity contribution in [2.75, 3.05) is 19.6 Å². The molecule has 0 aromatic carbocycles. The third-order valence-corrected chi connectivity index (χ3v) is 5.52. The minimum atomic E-state index is 0.750. The molecule has 1 saturated carbocycles. The average Bonchev–Trinajstić information content (AvgIpc) is 3.02. The first-order valence-electron chi connectivity index (χ1n) is 7.82. The molecule has 17 heavy (non-hydrogen) atoms. The lowest BCUT2D eigenvalue weighted by molar-refractivity contribution is 0.161. The lowest BCUT2D eigenvalue weighted by Gasteiger charge is -2.32. The van der Waals surface area contributed by atoms with Gasteiger partial charge in [-0.3, -0.25) is 4.90 Å². The van der Waals surface area contributed by atoms with Gasteiger partial charge in [-0.25, -0.2) is 0 Å². The molecule has 2 saturated heterocycles. The van der Waals surface area contributed by atoms with Crippen LogP contribution in [-0.2, 0) is 0 Å². The molecule has 0 aromatic rings. The normalized spacial score (nSPS) is 40.4. The molecule has 0 amide bonds. The van der Waals surface area contributed by atoms with Gasteiger partial charge in [0.2, 0.25) is 0 Å². The molecule has 3 atom stereocenters. The Morgan fingerprint density at radius 3 is 2.59 bits per heavy atom. The van der Waals surface area contributed by atoms with Gasteiger partial charge in [-0.05, 0) is 64.0 Å². The zero-order valence-electron chi connectivity index (χ0n) is 11.3. The summed E-state index contributed by atoms with van der Waals surface area (Å²) in [7, 11) is 0. The van der Waals surface area contributed by atoms with Crippen LogP contribution in [-0.4, -0.2) is 36.6 Å². The second-order valence-corrected chi connectivity index (χ2v) is 6.54. The highest BCUT2D eigenvalue weighted by atomic mass is 15.2. The van der Waals surface area contributed by atoms with Crippen molar-refractivity contribution in [3.63, 3.8) is 0 Å². The molecular formula is C15H28N2. The Labute approximate surface area is 106 Å². The van der Waals surface area contributed by atoms with Gasteiger partial charge in [0.1, 0.15) is 0 Å². The van der Waals surface area contributed by atoms with Gasteiger partial charge >= 0.3 is 0 Å². The number of rotatable bonds is 3. The molecule has 2 heterocycles. The van der Waals surface area contributed by atoms with Crippen LogP contribution in [0.2, 0.25) is 0 Å². The van der Waals surface area contributed by atoms with Crippen LogP contribution < -0.4 is 5.32 Å². The van der Waals surface area contributed by atoms with E-state index in [0.29, 0.717) is 0 Å². The standard InChI is InChI=1S/C15H28N2/c1-12-14(8-9-16-12)11-17-10-4-7-15(17)13-5-2-3-6-13/h12-16H,2-11H2,1H3. The number of nitrogens with zero attached hydrogens (tertiary/aromatic N) is 1. The summed E-state index contributed by atoms with van der Waals surface area (Å²) in [6, 6.07) is 1.70. The van der Waals surface area contributed by atoms with Crippen LogP contribution in [0.1, 0.15) is 51.9 Å².